The maximum Gasteiger partial charge on any atom is 0.251 e. The molecule has 0 unspecified atom stereocenters. The first-order chi connectivity index (χ1) is 11.8. The number of amides is 1. The van der Waals surface area contributed by atoms with Gasteiger partial charge < -0.3 is 5.32 Å². The molecule has 2 aromatic rings. The van der Waals surface area contributed by atoms with Gasteiger partial charge in [0, 0.05) is 22.2 Å². The molecular weight excluding hydrogens is 383 g/mol. The molecular formula is C17H14Cl2N2O3S. The van der Waals surface area contributed by atoms with Crippen molar-refractivity contribution in [1.29, 1.82) is 0 Å². The fourth-order valence-electron chi connectivity index (χ4n) is 1.97. The quantitative estimate of drug-likeness (QED) is 0.737. The molecule has 0 fully saturated rings. The average Bonchev–Trinajstić information content (AvgIpc) is 2.59. The van der Waals surface area contributed by atoms with Crippen LogP contribution in [-0.4, -0.2) is 20.9 Å². The van der Waals surface area contributed by atoms with Crippen LogP contribution in [0, 0.1) is 12.3 Å². The molecule has 0 aliphatic heterocycles. The average molecular weight is 397 g/mol. The number of rotatable bonds is 6. The molecule has 0 heterocycles. The molecule has 2 aromatic carbocycles. The topological polar surface area (TPSA) is 75.3 Å². The predicted molar refractivity (Wildman–Crippen MR) is 98.1 cm³/mol. The third-order valence-electron chi connectivity index (χ3n) is 3.23. The van der Waals surface area contributed by atoms with Gasteiger partial charge in [-0.25, -0.2) is 8.42 Å². The summed E-state index contributed by atoms with van der Waals surface area (Å²) in [4.78, 5) is 12.2. The van der Waals surface area contributed by atoms with Gasteiger partial charge in [-0.15, -0.1) is 6.42 Å². The van der Waals surface area contributed by atoms with E-state index in [1.54, 1.807) is 18.2 Å². The molecule has 8 heteroatoms. The van der Waals surface area contributed by atoms with E-state index in [1.807, 2.05) is 0 Å². The highest BCUT2D eigenvalue weighted by molar-refractivity contribution is 7.89. The molecule has 0 radical (unpaired) electrons. The van der Waals surface area contributed by atoms with Crippen molar-refractivity contribution in [2.45, 2.75) is 11.4 Å². The largest absolute Gasteiger partial charge is 0.348 e. The Kier molecular flexibility index (Phi) is 6.45. The zero-order valence-electron chi connectivity index (χ0n) is 12.9. The minimum absolute atomic E-state index is 0.0417. The van der Waals surface area contributed by atoms with Gasteiger partial charge >= 0.3 is 0 Å². The fourth-order valence-corrected chi connectivity index (χ4v) is 3.42. The molecule has 25 heavy (non-hydrogen) atoms. The van der Waals surface area contributed by atoms with Crippen molar-refractivity contribution in [2.24, 2.45) is 0 Å². The molecule has 0 saturated carbocycles. The van der Waals surface area contributed by atoms with Crippen LogP contribution in [0.5, 0.6) is 0 Å². The van der Waals surface area contributed by atoms with Crippen LogP contribution < -0.4 is 10.0 Å². The van der Waals surface area contributed by atoms with E-state index in [2.05, 4.69) is 16.0 Å². The van der Waals surface area contributed by atoms with E-state index in [1.165, 1.54) is 24.3 Å². The van der Waals surface area contributed by atoms with Gasteiger partial charge in [0.2, 0.25) is 10.0 Å². The molecule has 0 aliphatic carbocycles. The van der Waals surface area contributed by atoms with Crippen LogP contribution in [0.25, 0.3) is 0 Å². The van der Waals surface area contributed by atoms with Crippen molar-refractivity contribution >= 4 is 39.1 Å². The molecule has 0 aliphatic rings. The van der Waals surface area contributed by atoms with Gasteiger partial charge in [-0.1, -0.05) is 41.3 Å². The highest BCUT2D eigenvalue weighted by Gasteiger charge is 2.15. The number of halogens is 2. The first kappa shape index (κ1) is 19.3. The number of hydrogen-bond acceptors (Lipinski definition) is 3. The summed E-state index contributed by atoms with van der Waals surface area (Å²) in [6.07, 6.45) is 5.05. The van der Waals surface area contributed by atoms with E-state index in [0.29, 0.717) is 15.6 Å². The molecule has 0 aromatic heterocycles. The summed E-state index contributed by atoms with van der Waals surface area (Å²) in [7, 11) is -3.77. The van der Waals surface area contributed by atoms with E-state index in [0.717, 1.165) is 0 Å². The summed E-state index contributed by atoms with van der Waals surface area (Å²) < 4.78 is 26.3. The Morgan fingerprint density at radius 2 is 1.92 bits per heavy atom. The normalized spacial score (nSPS) is 10.9. The lowest BCUT2D eigenvalue weighted by Crippen LogP contribution is -2.26. The zero-order valence-corrected chi connectivity index (χ0v) is 15.3. The van der Waals surface area contributed by atoms with Gasteiger partial charge in [-0.3, -0.25) is 4.79 Å². The Labute approximate surface area is 156 Å². The first-order valence-electron chi connectivity index (χ1n) is 7.09. The van der Waals surface area contributed by atoms with Gasteiger partial charge in [-0.05, 0) is 35.9 Å². The Bertz CT molecular complexity index is 937. The highest BCUT2D eigenvalue weighted by Crippen LogP contribution is 2.21. The monoisotopic (exact) mass is 396 g/mol. The van der Waals surface area contributed by atoms with Crippen molar-refractivity contribution in [2.75, 3.05) is 6.54 Å². The summed E-state index contributed by atoms with van der Waals surface area (Å²) in [5.41, 5.74) is 0.896. The number of benzene rings is 2. The van der Waals surface area contributed by atoms with Crippen LogP contribution in [0.4, 0.5) is 0 Å². The Morgan fingerprint density at radius 1 is 1.16 bits per heavy atom. The minimum atomic E-state index is -3.77. The number of carbonyl (C=O) groups is 1. The van der Waals surface area contributed by atoms with E-state index in [4.69, 9.17) is 29.6 Å². The number of hydrogen-bond donors (Lipinski definition) is 2. The van der Waals surface area contributed by atoms with Crippen molar-refractivity contribution in [3.8, 4) is 12.3 Å². The molecule has 5 nitrogen and oxygen atoms in total. The number of terminal acetylenes is 1. The summed E-state index contributed by atoms with van der Waals surface area (Å²) in [5, 5.41) is 3.61. The van der Waals surface area contributed by atoms with Crippen LogP contribution in [0.3, 0.4) is 0 Å². The molecule has 0 atom stereocenters. The molecule has 130 valence electrons. The molecule has 2 rings (SSSR count). The van der Waals surface area contributed by atoms with E-state index < -0.39 is 15.9 Å². The van der Waals surface area contributed by atoms with Gasteiger partial charge in [0.05, 0.1) is 11.4 Å². The zero-order chi connectivity index (χ0) is 18.4. The Hall–Kier alpha value is -2.04. The SMILES string of the molecule is C#CCNS(=O)(=O)c1cccc(C(=O)NCc2ccc(Cl)cc2Cl)c1. The highest BCUT2D eigenvalue weighted by atomic mass is 35.5. The molecule has 1 amide bonds. The predicted octanol–water partition coefficient (Wildman–Crippen LogP) is 2.83. The molecule has 0 bridgehead atoms. The number of sulfonamides is 1. The van der Waals surface area contributed by atoms with Crippen LogP contribution in [0.1, 0.15) is 15.9 Å². The third-order valence-corrected chi connectivity index (χ3v) is 5.21. The first-order valence-corrected chi connectivity index (χ1v) is 9.33. The number of carbonyl (C=O) groups excluding carboxylic acids is 1. The van der Waals surface area contributed by atoms with E-state index >= 15 is 0 Å². The molecule has 0 spiro atoms. The minimum Gasteiger partial charge on any atom is -0.348 e. The Balaban J connectivity index is 2.12. The van der Waals surface area contributed by atoms with Gasteiger partial charge in [0.1, 0.15) is 0 Å². The lowest BCUT2D eigenvalue weighted by atomic mass is 10.2. The van der Waals surface area contributed by atoms with Crippen LogP contribution in [0.15, 0.2) is 47.4 Å². The maximum absolute atomic E-state index is 12.3. The van der Waals surface area contributed by atoms with Crippen molar-refractivity contribution in [3.63, 3.8) is 0 Å². The second kappa shape index (κ2) is 8.37. The standard InChI is InChI=1S/C17H14Cl2N2O3S/c1-2-8-21-25(23,24)15-5-3-4-12(9-15)17(22)20-11-13-6-7-14(18)10-16(13)19/h1,3-7,9-10,21H,8,11H2,(H,20,22). The van der Waals surface area contributed by atoms with Crippen molar-refractivity contribution in [1.82, 2.24) is 10.0 Å². The van der Waals surface area contributed by atoms with Gasteiger partial charge in [-0.2, -0.15) is 4.72 Å². The maximum atomic E-state index is 12.3. The fraction of sp³-hybridized carbons (Fsp3) is 0.118. The van der Waals surface area contributed by atoms with E-state index in [-0.39, 0.29) is 23.5 Å². The van der Waals surface area contributed by atoms with Crippen LogP contribution >= 0.6 is 23.2 Å². The van der Waals surface area contributed by atoms with Gasteiger partial charge in [0.25, 0.3) is 5.91 Å². The lowest BCUT2D eigenvalue weighted by molar-refractivity contribution is 0.0950. The van der Waals surface area contributed by atoms with E-state index in [9.17, 15) is 13.2 Å². The molecule has 2 N–H and O–H groups in total. The van der Waals surface area contributed by atoms with Crippen LogP contribution in [0.2, 0.25) is 10.0 Å². The summed E-state index contributed by atoms with van der Waals surface area (Å²) in [6.45, 7) is 0.0506. The Morgan fingerprint density at radius 3 is 2.60 bits per heavy atom. The number of nitrogens with one attached hydrogen (secondary N) is 2. The van der Waals surface area contributed by atoms with Crippen molar-refractivity contribution < 1.29 is 13.2 Å². The summed E-state index contributed by atoms with van der Waals surface area (Å²) >= 11 is 11.9. The van der Waals surface area contributed by atoms with Crippen molar-refractivity contribution in [3.05, 3.63) is 63.6 Å². The molecule has 0 saturated heterocycles. The second-order valence-corrected chi connectivity index (χ2v) is 7.59. The second-order valence-electron chi connectivity index (χ2n) is 4.97. The lowest BCUT2D eigenvalue weighted by Gasteiger charge is -2.09. The summed E-state index contributed by atoms with van der Waals surface area (Å²) in [6, 6.07) is 10.6. The smallest absolute Gasteiger partial charge is 0.251 e. The third kappa shape index (κ3) is 5.21. The van der Waals surface area contributed by atoms with Gasteiger partial charge in [0.15, 0.2) is 0 Å². The van der Waals surface area contributed by atoms with Crippen LogP contribution in [-0.2, 0) is 16.6 Å². The summed E-state index contributed by atoms with van der Waals surface area (Å²) in [5.74, 6) is 1.76.